The van der Waals surface area contributed by atoms with Crippen molar-refractivity contribution in [3.05, 3.63) is 29.3 Å². The van der Waals surface area contributed by atoms with Crippen LogP contribution in [-0.4, -0.2) is 78.6 Å². The Labute approximate surface area is 187 Å². The number of nitrogens with one attached hydrogen (secondary N) is 1. The number of hydrogen-bond acceptors (Lipinski definition) is 5. The summed E-state index contributed by atoms with van der Waals surface area (Å²) in [6, 6.07) is 5.34. The zero-order valence-electron chi connectivity index (χ0n) is 17.8. The summed E-state index contributed by atoms with van der Waals surface area (Å²) in [5, 5.41) is 3.13. The van der Waals surface area contributed by atoms with Crippen molar-refractivity contribution < 1.29 is 22.8 Å². The molecule has 2 saturated heterocycles. The lowest BCUT2D eigenvalue weighted by atomic mass is 9.91. The van der Waals surface area contributed by atoms with Gasteiger partial charge in [0, 0.05) is 31.2 Å². The Bertz CT molecular complexity index is 974. The summed E-state index contributed by atoms with van der Waals surface area (Å²) < 4.78 is 26.9. The Hall–Kier alpha value is -2.17. The molecule has 0 aromatic heterocycles. The molecule has 1 atom stereocenters. The molecule has 1 aromatic carbocycles. The third kappa shape index (κ3) is 4.86. The van der Waals surface area contributed by atoms with E-state index in [1.807, 2.05) is 13.8 Å². The lowest BCUT2D eigenvalue weighted by Crippen LogP contribution is -2.53. The lowest BCUT2D eigenvalue weighted by molar-refractivity contribution is -0.139. The molecule has 170 valence electrons. The average molecular weight is 471 g/mol. The van der Waals surface area contributed by atoms with E-state index in [-0.39, 0.29) is 49.4 Å². The van der Waals surface area contributed by atoms with Crippen LogP contribution in [0.4, 0.5) is 4.79 Å². The van der Waals surface area contributed by atoms with Crippen molar-refractivity contribution in [1.82, 2.24) is 19.4 Å². The maximum atomic E-state index is 12.8. The fraction of sp³-hybridized carbons (Fsp3) is 0.550. The minimum absolute atomic E-state index is 0.127. The highest BCUT2D eigenvalue weighted by Crippen LogP contribution is 2.25. The quantitative estimate of drug-likeness (QED) is 0.634. The minimum Gasteiger partial charge on any atom is -0.338 e. The molecular weight excluding hydrogens is 444 g/mol. The summed E-state index contributed by atoms with van der Waals surface area (Å²) in [6.07, 6.45) is 0.476. The van der Waals surface area contributed by atoms with Crippen molar-refractivity contribution in [2.45, 2.75) is 37.6 Å². The molecule has 0 aliphatic carbocycles. The van der Waals surface area contributed by atoms with E-state index in [0.717, 1.165) is 4.90 Å². The van der Waals surface area contributed by atoms with E-state index >= 15 is 0 Å². The minimum atomic E-state index is -3.69. The average Bonchev–Trinajstić information content (AvgIpc) is 2.90. The molecule has 2 aliphatic heterocycles. The number of hydrogen-bond donors (Lipinski definition) is 1. The van der Waals surface area contributed by atoms with Crippen LogP contribution in [0.3, 0.4) is 0 Å². The molecule has 0 bridgehead atoms. The molecule has 1 N–H and O–H groups in total. The maximum absolute atomic E-state index is 12.8. The van der Waals surface area contributed by atoms with Crippen molar-refractivity contribution >= 4 is 39.5 Å². The second-order valence-electron chi connectivity index (χ2n) is 8.49. The predicted octanol–water partition coefficient (Wildman–Crippen LogP) is 1.53. The Kier molecular flexibility index (Phi) is 6.64. The van der Waals surface area contributed by atoms with E-state index in [4.69, 9.17) is 11.6 Å². The maximum Gasteiger partial charge on any atom is 0.325 e. The van der Waals surface area contributed by atoms with Gasteiger partial charge in [0.05, 0.1) is 4.90 Å². The summed E-state index contributed by atoms with van der Waals surface area (Å²) in [7, 11) is -3.69. The number of piperazine rings is 1. The number of sulfonamides is 1. The number of imide groups is 1. The monoisotopic (exact) mass is 470 g/mol. The van der Waals surface area contributed by atoms with Crippen LogP contribution in [0.5, 0.6) is 0 Å². The molecule has 4 amide bonds. The van der Waals surface area contributed by atoms with Crippen LogP contribution in [0.15, 0.2) is 29.2 Å². The highest BCUT2D eigenvalue weighted by Gasteiger charge is 2.48. The molecule has 1 aromatic rings. The first-order valence-electron chi connectivity index (χ1n) is 10.1. The Morgan fingerprint density at radius 1 is 1.13 bits per heavy atom. The van der Waals surface area contributed by atoms with Gasteiger partial charge in [0.1, 0.15) is 12.1 Å². The first-order chi connectivity index (χ1) is 14.4. The molecule has 9 nitrogen and oxygen atoms in total. The number of carbonyl (C=O) groups is 3. The van der Waals surface area contributed by atoms with Gasteiger partial charge in [-0.1, -0.05) is 25.4 Å². The van der Waals surface area contributed by atoms with Crippen LogP contribution in [0.2, 0.25) is 5.02 Å². The van der Waals surface area contributed by atoms with Gasteiger partial charge in [-0.2, -0.15) is 4.31 Å². The van der Waals surface area contributed by atoms with Gasteiger partial charge < -0.3 is 10.2 Å². The number of benzene rings is 1. The summed E-state index contributed by atoms with van der Waals surface area (Å²) in [6.45, 7) is 5.83. The van der Waals surface area contributed by atoms with Crippen LogP contribution in [0, 0.1) is 5.92 Å². The van der Waals surface area contributed by atoms with E-state index in [1.165, 1.54) is 33.5 Å². The second kappa shape index (κ2) is 8.76. The predicted molar refractivity (Wildman–Crippen MR) is 115 cm³/mol. The standard InChI is InChI=1S/C20H27ClN4O5S/c1-14(2)12-20(3)18(27)25(19(28)22-20)13-17(26)23-8-10-24(11-9-23)31(29,30)16-6-4-15(21)5-7-16/h4-7,14H,8-13H2,1-3H3,(H,22,28)/t20-/m1/s1. The third-order valence-electron chi connectivity index (χ3n) is 5.50. The molecule has 2 aliphatic rings. The first-order valence-corrected chi connectivity index (χ1v) is 11.9. The fourth-order valence-electron chi connectivity index (χ4n) is 4.01. The zero-order chi connectivity index (χ0) is 23.0. The van der Waals surface area contributed by atoms with Crippen molar-refractivity contribution in [1.29, 1.82) is 0 Å². The number of halogens is 1. The van der Waals surface area contributed by atoms with Crippen molar-refractivity contribution in [3.63, 3.8) is 0 Å². The summed E-state index contributed by atoms with van der Waals surface area (Å²) in [5.74, 6) is -0.607. The fourth-order valence-corrected chi connectivity index (χ4v) is 5.56. The normalized spacial score (nSPS) is 22.9. The highest BCUT2D eigenvalue weighted by atomic mass is 35.5. The molecule has 3 rings (SSSR count). The van der Waals surface area contributed by atoms with Crippen LogP contribution >= 0.6 is 11.6 Å². The molecular formula is C20H27ClN4O5S. The molecule has 0 saturated carbocycles. The Morgan fingerprint density at radius 2 is 1.71 bits per heavy atom. The topological polar surface area (TPSA) is 107 Å². The van der Waals surface area contributed by atoms with Gasteiger partial charge in [-0.05, 0) is 43.5 Å². The summed E-state index contributed by atoms with van der Waals surface area (Å²) >= 11 is 5.83. The Balaban J connectivity index is 1.60. The van der Waals surface area contributed by atoms with Crippen molar-refractivity contribution in [2.24, 2.45) is 5.92 Å². The van der Waals surface area contributed by atoms with Crippen LogP contribution in [0.1, 0.15) is 27.2 Å². The van der Waals surface area contributed by atoms with Gasteiger partial charge in [0.2, 0.25) is 15.9 Å². The van der Waals surface area contributed by atoms with E-state index < -0.39 is 27.5 Å². The van der Waals surface area contributed by atoms with Crippen LogP contribution < -0.4 is 5.32 Å². The van der Waals surface area contributed by atoms with E-state index in [9.17, 15) is 22.8 Å². The molecule has 11 heteroatoms. The first kappa shape index (κ1) is 23.5. The summed E-state index contributed by atoms with van der Waals surface area (Å²) in [5.41, 5.74) is -1.02. The number of amides is 4. The molecule has 0 unspecified atom stereocenters. The number of rotatable bonds is 6. The second-order valence-corrected chi connectivity index (χ2v) is 10.9. The largest absolute Gasteiger partial charge is 0.338 e. The van der Waals surface area contributed by atoms with Gasteiger partial charge in [-0.3, -0.25) is 14.5 Å². The molecule has 0 radical (unpaired) electrons. The molecule has 31 heavy (non-hydrogen) atoms. The van der Waals surface area contributed by atoms with Crippen molar-refractivity contribution in [2.75, 3.05) is 32.7 Å². The van der Waals surface area contributed by atoms with Crippen molar-refractivity contribution in [3.8, 4) is 0 Å². The SMILES string of the molecule is CC(C)C[C@@]1(C)NC(=O)N(CC(=O)N2CCN(S(=O)(=O)c3ccc(Cl)cc3)CC2)C1=O. The summed E-state index contributed by atoms with van der Waals surface area (Å²) in [4.78, 5) is 40.3. The van der Waals surface area contributed by atoms with Gasteiger partial charge in [0.25, 0.3) is 5.91 Å². The molecule has 0 spiro atoms. The third-order valence-corrected chi connectivity index (χ3v) is 7.66. The van der Waals surface area contributed by atoms with Crippen LogP contribution in [0.25, 0.3) is 0 Å². The smallest absolute Gasteiger partial charge is 0.325 e. The van der Waals surface area contributed by atoms with Gasteiger partial charge >= 0.3 is 6.03 Å². The van der Waals surface area contributed by atoms with Crippen LogP contribution in [-0.2, 0) is 19.6 Å². The van der Waals surface area contributed by atoms with Gasteiger partial charge in [-0.25, -0.2) is 13.2 Å². The van der Waals surface area contributed by atoms with E-state index in [2.05, 4.69) is 5.32 Å². The molecule has 2 heterocycles. The lowest BCUT2D eigenvalue weighted by Gasteiger charge is -2.34. The number of nitrogens with zero attached hydrogens (tertiary/aromatic N) is 3. The highest BCUT2D eigenvalue weighted by molar-refractivity contribution is 7.89. The number of carbonyl (C=O) groups excluding carboxylic acids is 3. The molecule has 2 fully saturated rings. The zero-order valence-corrected chi connectivity index (χ0v) is 19.4. The van der Waals surface area contributed by atoms with Gasteiger partial charge in [0.15, 0.2) is 0 Å². The Morgan fingerprint density at radius 3 is 2.26 bits per heavy atom. The number of urea groups is 1. The van der Waals surface area contributed by atoms with E-state index in [0.29, 0.717) is 11.4 Å². The van der Waals surface area contributed by atoms with Gasteiger partial charge in [-0.15, -0.1) is 0 Å². The van der Waals surface area contributed by atoms with E-state index in [1.54, 1.807) is 6.92 Å².